The number of anilines is 3. The van der Waals surface area contributed by atoms with E-state index in [9.17, 15) is 0 Å². The molecule has 0 aliphatic carbocycles. The fourth-order valence-electron chi connectivity index (χ4n) is 6.96. The highest BCUT2D eigenvalue weighted by Crippen LogP contribution is 2.38. The van der Waals surface area contributed by atoms with Crippen molar-refractivity contribution >= 4 is 38.9 Å². The number of para-hydroxylation sites is 3. The van der Waals surface area contributed by atoms with Crippen molar-refractivity contribution in [2.24, 2.45) is 0 Å². The van der Waals surface area contributed by atoms with Gasteiger partial charge in [-0.25, -0.2) is 0 Å². The van der Waals surface area contributed by atoms with E-state index in [1.165, 1.54) is 21.8 Å². The van der Waals surface area contributed by atoms with Gasteiger partial charge in [-0.15, -0.1) is 10.2 Å². The maximum absolute atomic E-state index is 5.41. The van der Waals surface area contributed by atoms with Crippen molar-refractivity contribution in [1.29, 1.82) is 0 Å². The molecule has 6 heteroatoms. The van der Waals surface area contributed by atoms with Gasteiger partial charge < -0.3 is 14.2 Å². The standard InChI is InChI=1S/C45H33N5O/c1-51-39-30-20-33(21-31-39)45-47-46-44(32-12-4-2-5-13-32)50(45)38-28-24-36(25-29-38)48(34-14-6-3-7-15-34)35-22-26-37(27-23-35)49-42-18-10-8-16-40(42)41-17-9-11-19-43(41)49/h2-31H,1H3. The van der Waals surface area contributed by atoms with Crippen molar-refractivity contribution in [2.45, 2.75) is 0 Å². The molecule has 0 unspecified atom stereocenters. The third-order valence-electron chi connectivity index (χ3n) is 9.37. The molecule has 244 valence electrons. The Balaban J connectivity index is 1.13. The molecule has 0 aliphatic rings. The highest BCUT2D eigenvalue weighted by Gasteiger charge is 2.19. The van der Waals surface area contributed by atoms with Crippen LogP contribution >= 0.6 is 0 Å². The Bertz CT molecular complexity index is 2540. The van der Waals surface area contributed by atoms with Gasteiger partial charge in [0, 0.05) is 50.3 Å². The van der Waals surface area contributed by atoms with Crippen LogP contribution in [-0.4, -0.2) is 26.4 Å². The second-order valence-corrected chi connectivity index (χ2v) is 12.4. The van der Waals surface area contributed by atoms with Gasteiger partial charge in [0.25, 0.3) is 0 Å². The van der Waals surface area contributed by atoms with Crippen LogP contribution in [0.25, 0.3) is 56.0 Å². The van der Waals surface area contributed by atoms with Gasteiger partial charge in [-0.3, -0.25) is 4.57 Å². The Kier molecular flexibility index (Phi) is 7.59. The van der Waals surface area contributed by atoms with Gasteiger partial charge in [0.1, 0.15) is 5.75 Å². The molecular weight excluding hydrogens is 627 g/mol. The number of fused-ring (bicyclic) bond motifs is 3. The first kappa shape index (κ1) is 30.2. The maximum Gasteiger partial charge on any atom is 0.168 e. The molecular formula is C45H33N5O. The molecule has 0 atom stereocenters. The van der Waals surface area contributed by atoms with E-state index in [0.29, 0.717) is 0 Å². The monoisotopic (exact) mass is 659 g/mol. The van der Waals surface area contributed by atoms with Crippen molar-refractivity contribution in [1.82, 2.24) is 19.3 Å². The van der Waals surface area contributed by atoms with E-state index in [-0.39, 0.29) is 0 Å². The average molecular weight is 660 g/mol. The van der Waals surface area contributed by atoms with E-state index >= 15 is 0 Å². The minimum absolute atomic E-state index is 0.754. The number of benzene rings is 7. The SMILES string of the molecule is COc1ccc(-c2nnc(-c3ccccc3)n2-c2ccc(N(c3ccccc3)c3ccc(-n4c5ccccc5c5ccccc54)cc3)cc2)cc1. The summed E-state index contributed by atoms with van der Waals surface area (Å²) in [6.07, 6.45) is 0. The van der Waals surface area contributed by atoms with Gasteiger partial charge in [0.15, 0.2) is 11.6 Å². The summed E-state index contributed by atoms with van der Waals surface area (Å²) in [7, 11) is 1.67. The van der Waals surface area contributed by atoms with Crippen molar-refractivity contribution < 1.29 is 4.74 Å². The van der Waals surface area contributed by atoms with E-state index in [0.717, 1.165) is 57.0 Å². The quantitative estimate of drug-likeness (QED) is 0.163. The first-order chi connectivity index (χ1) is 25.3. The summed E-state index contributed by atoms with van der Waals surface area (Å²) in [5, 5.41) is 11.8. The van der Waals surface area contributed by atoms with Gasteiger partial charge in [-0.05, 0) is 97.1 Å². The van der Waals surface area contributed by atoms with Gasteiger partial charge in [-0.1, -0.05) is 84.9 Å². The molecule has 0 saturated carbocycles. The van der Waals surface area contributed by atoms with Crippen LogP contribution in [-0.2, 0) is 0 Å². The predicted molar refractivity (Wildman–Crippen MR) is 208 cm³/mol. The lowest BCUT2D eigenvalue weighted by Crippen LogP contribution is -2.10. The second kappa shape index (κ2) is 12.8. The third-order valence-corrected chi connectivity index (χ3v) is 9.37. The van der Waals surface area contributed by atoms with Crippen LogP contribution in [0, 0.1) is 0 Å². The minimum Gasteiger partial charge on any atom is -0.497 e. The molecule has 2 heterocycles. The Hall–Kier alpha value is -6.92. The molecule has 7 aromatic carbocycles. The molecule has 0 N–H and O–H groups in total. The normalized spacial score (nSPS) is 11.2. The predicted octanol–water partition coefficient (Wildman–Crippen LogP) is 11.2. The number of ether oxygens (including phenoxy) is 1. The van der Waals surface area contributed by atoms with E-state index in [1.54, 1.807) is 7.11 Å². The number of aromatic nitrogens is 4. The van der Waals surface area contributed by atoms with Crippen LogP contribution in [0.4, 0.5) is 17.1 Å². The summed E-state index contributed by atoms with van der Waals surface area (Å²) in [5.74, 6) is 2.32. The van der Waals surface area contributed by atoms with Crippen LogP contribution in [0.2, 0.25) is 0 Å². The number of hydrogen-bond donors (Lipinski definition) is 0. The van der Waals surface area contributed by atoms with E-state index in [2.05, 4.69) is 158 Å². The molecule has 0 bridgehead atoms. The summed E-state index contributed by atoms with van der Waals surface area (Å²) in [6.45, 7) is 0. The number of nitrogens with zero attached hydrogens (tertiary/aromatic N) is 5. The minimum atomic E-state index is 0.754. The molecule has 0 radical (unpaired) electrons. The molecule has 0 saturated heterocycles. The zero-order valence-electron chi connectivity index (χ0n) is 28.0. The topological polar surface area (TPSA) is 48.1 Å². The average Bonchev–Trinajstić information content (AvgIpc) is 3.80. The summed E-state index contributed by atoms with van der Waals surface area (Å²) < 4.78 is 9.88. The van der Waals surface area contributed by atoms with E-state index < -0.39 is 0 Å². The van der Waals surface area contributed by atoms with Crippen LogP contribution in [0.15, 0.2) is 182 Å². The smallest absolute Gasteiger partial charge is 0.168 e. The Morgan fingerprint density at radius 1 is 0.412 bits per heavy atom. The molecule has 51 heavy (non-hydrogen) atoms. The number of methoxy groups -OCH3 is 1. The second-order valence-electron chi connectivity index (χ2n) is 12.4. The molecule has 6 nitrogen and oxygen atoms in total. The highest BCUT2D eigenvalue weighted by atomic mass is 16.5. The van der Waals surface area contributed by atoms with Crippen LogP contribution in [0.5, 0.6) is 5.75 Å². The molecule has 0 spiro atoms. The van der Waals surface area contributed by atoms with E-state index in [4.69, 9.17) is 4.74 Å². The first-order valence-corrected chi connectivity index (χ1v) is 17.0. The summed E-state index contributed by atoms with van der Waals surface area (Å²) in [6, 6.07) is 63.3. The number of rotatable bonds is 8. The van der Waals surface area contributed by atoms with E-state index in [1.807, 2.05) is 48.5 Å². The first-order valence-electron chi connectivity index (χ1n) is 17.0. The van der Waals surface area contributed by atoms with Gasteiger partial charge in [0.2, 0.25) is 0 Å². The zero-order valence-corrected chi connectivity index (χ0v) is 28.0. The molecule has 2 aromatic heterocycles. The Morgan fingerprint density at radius 2 is 0.843 bits per heavy atom. The molecule has 9 rings (SSSR count). The summed E-state index contributed by atoms with van der Waals surface area (Å²) in [4.78, 5) is 2.29. The highest BCUT2D eigenvalue weighted by molar-refractivity contribution is 6.09. The lowest BCUT2D eigenvalue weighted by molar-refractivity contribution is 0.415. The van der Waals surface area contributed by atoms with Crippen LogP contribution < -0.4 is 9.64 Å². The fraction of sp³-hybridized carbons (Fsp3) is 0.0222. The molecule has 9 aromatic rings. The van der Waals surface area contributed by atoms with Gasteiger partial charge in [0.05, 0.1) is 18.1 Å². The Labute approximate surface area is 296 Å². The molecule has 0 aliphatic heterocycles. The van der Waals surface area contributed by atoms with Crippen molar-refractivity contribution in [3.05, 3.63) is 182 Å². The molecule has 0 amide bonds. The fourth-order valence-corrected chi connectivity index (χ4v) is 6.96. The largest absolute Gasteiger partial charge is 0.497 e. The third kappa shape index (κ3) is 5.40. The Morgan fingerprint density at radius 3 is 1.37 bits per heavy atom. The number of hydrogen-bond acceptors (Lipinski definition) is 4. The molecule has 0 fully saturated rings. The lowest BCUT2D eigenvalue weighted by Gasteiger charge is -2.26. The van der Waals surface area contributed by atoms with Crippen LogP contribution in [0.3, 0.4) is 0 Å². The zero-order chi connectivity index (χ0) is 34.1. The summed E-state index contributed by atoms with van der Waals surface area (Å²) >= 11 is 0. The van der Waals surface area contributed by atoms with Crippen molar-refractivity contribution in [2.75, 3.05) is 12.0 Å². The van der Waals surface area contributed by atoms with Gasteiger partial charge in [-0.2, -0.15) is 0 Å². The van der Waals surface area contributed by atoms with Crippen molar-refractivity contribution in [3.8, 4) is 39.9 Å². The van der Waals surface area contributed by atoms with Gasteiger partial charge >= 0.3 is 0 Å². The van der Waals surface area contributed by atoms with Crippen molar-refractivity contribution in [3.63, 3.8) is 0 Å². The lowest BCUT2D eigenvalue weighted by atomic mass is 10.1. The van der Waals surface area contributed by atoms with Crippen LogP contribution in [0.1, 0.15) is 0 Å². The summed E-state index contributed by atoms with van der Waals surface area (Å²) in [5.41, 5.74) is 9.57. The maximum atomic E-state index is 5.41.